The molecule has 0 amide bonds. The highest BCUT2D eigenvalue weighted by atomic mass is 19.4. The predicted octanol–water partition coefficient (Wildman–Crippen LogP) is 4.10. The summed E-state index contributed by atoms with van der Waals surface area (Å²) in [6, 6.07) is 2.03. The Labute approximate surface area is 119 Å². The van der Waals surface area contributed by atoms with Crippen LogP contribution < -0.4 is 0 Å². The van der Waals surface area contributed by atoms with Crippen molar-refractivity contribution in [2.45, 2.75) is 32.4 Å². The first-order valence-electron chi connectivity index (χ1n) is 6.27. The van der Waals surface area contributed by atoms with Crippen LogP contribution in [-0.2, 0) is 11.0 Å². The zero-order chi connectivity index (χ0) is 16.2. The van der Waals surface area contributed by atoms with Gasteiger partial charge in [0.15, 0.2) is 0 Å². The molecule has 1 aromatic rings. The van der Waals surface area contributed by atoms with E-state index < -0.39 is 23.5 Å². The monoisotopic (exact) mass is 305 g/mol. The number of alkyl halides is 3. The Morgan fingerprint density at radius 1 is 1.38 bits per heavy atom. The minimum absolute atomic E-state index is 0.0655. The number of carbonyl (C=O) groups is 1. The van der Waals surface area contributed by atoms with Crippen molar-refractivity contribution >= 4 is 11.7 Å². The summed E-state index contributed by atoms with van der Waals surface area (Å²) in [6.45, 7) is 1.71. The molecule has 0 heterocycles. The SMILES string of the molecule is CC(CCC(=O)O)CC(=N)c1ccc(C(F)(F)F)cc1F. The van der Waals surface area contributed by atoms with Crippen LogP contribution in [-0.4, -0.2) is 16.8 Å². The third kappa shape index (κ3) is 5.17. The molecular weight excluding hydrogens is 290 g/mol. The second-order valence-corrected chi connectivity index (χ2v) is 4.91. The van der Waals surface area contributed by atoms with Gasteiger partial charge >= 0.3 is 12.1 Å². The van der Waals surface area contributed by atoms with Crippen molar-refractivity contribution in [2.24, 2.45) is 5.92 Å². The molecule has 0 radical (unpaired) electrons. The molecule has 1 atom stereocenters. The van der Waals surface area contributed by atoms with Gasteiger partial charge in [0, 0.05) is 17.7 Å². The number of hydrogen-bond donors (Lipinski definition) is 2. The molecule has 0 aliphatic carbocycles. The van der Waals surface area contributed by atoms with Crippen LogP contribution in [0.3, 0.4) is 0 Å². The molecule has 0 saturated carbocycles. The second kappa shape index (κ2) is 6.69. The summed E-state index contributed by atoms with van der Waals surface area (Å²) in [6.07, 6.45) is -4.27. The van der Waals surface area contributed by atoms with Crippen LogP contribution in [0, 0.1) is 17.1 Å². The summed E-state index contributed by atoms with van der Waals surface area (Å²) in [5.74, 6) is -2.23. The first-order chi connectivity index (χ1) is 9.61. The van der Waals surface area contributed by atoms with Crippen molar-refractivity contribution in [3.63, 3.8) is 0 Å². The lowest BCUT2D eigenvalue weighted by Crippen LogP contribution is -2.11. The van der Waals surface area contributed by atoms with Gasteiger partial charge in [0.2, 0.25) is 0 Å². The fourth-order valence-electron chi connectivity index (χ4n) is 1.87. The third-order valence-corrected chi connectivity index (χ3v) is 3.03. The van der Waals surface area contributed by atoms with E-state index in [-0.39, 0.29) is 30.0 Å². The van der Waals surface area contributed by atoms with Crippen molar-refractivity contribution in [2.75, 3.05) is 0 Å². The average molecular weight is 305 g/mol. The largest absolute Gasteiger partial charge is 0.481 e. The molecule has 2 N–H and O–H groups in total. The maximum absolute atomic E-state index is 13.7. The number of carboxylic acid groups (broad SMARTS) is 1. The molecule has 0 aromatic heterocycles. The van der Waals surface area contributed by atoms with Gasteiger partial charge < -0.3 is 10.5 Å². The van der Waals surface area contributed by atoms with E-state index >= 15 is 0 Å². The Kier molecular flexibility index (Phi) is 5.46. The van der Waals surface area contributed by atoms with Crippen LogP contribution >= 0.6 is 0 Å². The Morgan fingerprint density at radius 3 is 2.48 bits per heavy atom. The highest BCUT2D eigenvalue weighted by Gasteiger charge is 2.31. The Bertz CT molecular complexity index is 540. The number of nitrogens with one attached hydrogen (secondary N) is 1. The van der Waals surface area contributed by atoms with Gasteiger partial charge in [0.05, 0.1) is 5.56 Å². The molecule has 0 fully saturated rings. The second-order valence-electron chi connectivity index (χ2n) is 4.91. The lowest BCUT2D eigenvalue weighted by Gasteiger charge is -2.13. The molecule has 116 valence electrons. The molecule has 21 heavy (non-hydrogen) atoms. The maximum atomic E-state index is 13.7. The van der Waals surface area contributed by atoms with Gasteiger partial charge in [-0.25, -0.2) is 4.39 Å². The number of rotatable bonds is 6. The smallest absolute Gasteiger partial charge is 0.416 e. The molecule has 7 heteroatoms. The minimum Gasteiger partial charge on any atom is -0.481 e. The number of carboxylic acids is 1. The summed E-state index contributed by atoms with van der Waals surface area (Å²) in [5.41, 5.74) is -1.43. The molecule has 1 aromatic carbocycles. The zero-order valence-corrected chi connectivity index (χ0v) is 11.3. The van der Waals surface area contributed by atoms with E-state index in [1.54, 1.807) is 6.92 Å². The van der Waals surface area contributed by atoms with Crippen molar-refractivity contribution in [1.29, 1.82) is 5.41 Å². The number of benzene rings is 1. The normalized spacial score (nSPS) is 13.0. The third-order valence-electron chi connectivity index (χ3n) is 3.03. The number of aliphatic carboxylic acids is 1. The highest BCUT2D eigenvalue weighted by Crippen LogP contribution is 2.30. The van der Waals surface area contributed by atoms with Crippen molar-refractivity contribution in [3.8, 4) is 0 Å². The van der Waals surface area contributed by atoms with Gasteiger partial charge in [0.1, 0.15) is 5.82 Å². The van der Waals surface area contributed by atoms with E-state index in [4.69, 9.17) is 10.5 Å². The van der Waals surface area contributed by atoms with Crippen LogP contribution in [0.2, 0.25) is 0 Å². The molecule has 0 bridgehead atoms. The summed E-state index contributed by atoms with van der Waals surface area (Å²) < 4.78 is 50.9. The quantitative estimate of drug-likeness (QED) is 0.614. The van der Waals surface area contributed by atoms with E-state index in [9.17, 15) is 22.4 Å². The standard InChI is InChI=1S/C14H15F4NO2/c1-8(2-5-13(20)21)6-12(19)10-4-3-9(7-11(10)15)14(16,17)18/h3-4,7-8,19H,2,5-6H2,1H3,(H,20,21). The minimum atomic E-state index is -4.63. The first kappa shape index (κ1) is 17.1. The summed E-state index contributed by atoms with van der Waals surface area (Å²) in [4.78, 5) is 10.4. The predicted molar refractivity (Wildman–Crippen MR) is 68.9 cm³/mol. The van der Waals surface area contributed by atoms with Crippen molar-refractivity contribution < 1.29 is 27.5 Å². The van der Waals surface area contributed by atoms with E-state index in [1.807, 2.05) is 0 Å². The summed E-state index contributed by atoms with van der Waals surface area (Å²) >= 11 is 0. The van der Waals surface area contributed by atoms with Gasteiger partial charge in [-0.2, -0.15) is 13.2 Å². The Balaban J connectivity index is 2.77. The fourth-order valence-corrected chi connectivity index (χ4v) is 1.87. The van der Waals surface area contributed by atoms with Gasteiger partial charge in [0.25, 0.3) is 0 Å². The molecular formula is C14H15F4NO2. The van der Waals surface area contributed by atoms with Crippen molar-refractivity contribution in [3.05, 3.63) is 35.1 Å². The van der Waals surface area contributed by atoms with E-state index in [1.165, 1.54) is 0 Å². The molecule has 1 unspecified atom stereocenters. The highest BCUT2D eigenvalue weighted by molar-refractivity contribution is 5.98. The van der Waals surface area contributed by atoms with Crippen LogP contribution in [0.25, 0.3) is 0 Å². The van der Waals surface area contributed by atoms with Gasteiger partial charge in [-0.3, -0.25) is 4.79 Å². The molecule has 0 aliphatic rings. The van der Waals surface area contributed by atoms with Gasteiger partial charge in [-0.1, -0.05) is 6.92 Å². The summed E-state index contributed by atoms with van der Waals surface area (Å²) in [5, 5.41) is 16.3. The molecule has 3 nitrogen and oxygen atoms in total. The van der Waals surface area contributed by atoms with E-state index in [2.05, 4.69) is 0 Å². The van der Waals surface area contributed by atoms with Crippen LogP contribution in [0.1, 0.15) is 37.3 Å². The summed E-state index contributed by atoms with van der Waals surface area (Å²) in [7, 11) is 0. The molecule has 0 aliphatic heterocycles. The van der Waals surface area contributed by atoms with E-state index in [0.717, 1.165) is 12.1 Å². The molecule has 1 rings (SSSR count). The molecule has 0 spiro atoms. The van der Waals surface area contributed by atoms with Crippen LogP contribution in [0.15, 0.2) is 18.2 Å². The number of halogens is 4. The number of hydrogen-bond acceptors (Lipinski definition) is 2. The average Bonchev–Trinajstić information content (AvgIpc) is 2.34. The van der Waals surface area contributed by atoms with Crippen molar-refractivity contribution in [1.82, 2.24) is 0 Å². The van der Waals surface area contributed by atoms with Crippen LogP contribution in [0.5, 0.6) is 0 Å². The zero-order valence-electron chi connectivity index (χ0n) is 11.3. The fraction of sp³-hybridized carbons (Fsp3) is 0.429. The Morgan fingerprint density at radius 2 is 2.00 bits per heavy atom. The Hall–Kier alpha value is -1.92. The topological polar surface area (TPSA) is 61.1 Å². The first-order valence-corrected chi connectivity index (χ1v) is 6.27. The molecule has 0 saturated heterocycles. The maximum Gasteiger partial charge on any atom is 0.416 e. The lowest BCUT2D eigenvalue weighted by molar-refractivity contribution is -0.138. The van der Waals surface area contributed by atoms with Crippen LogP contribution in [0.4, 0.5) is 17.6 Å². The van der Waals surface area contributed by atoms with Gasteiger partial charge in [-0.15, -0.1) is 0 Å². The lowest BCUT2D eigenvalue weighted by atomic mass is 9.94. The van der Waals surface area contributed by atoms with E-state index in [0.29, 0.717) is 12.5 Å². The van der Waals surface area contributed by atoms with Gasteiger partial charge in [-0.05, 0) is 37.0 Å².